The van der Waals surface area contributed by atoms with Gasteiger partial charge in [0.25, 0.3) is 5.69 Å². The third kappa shape index (κ3) is 2.26. The highest BCUT2D eigenvalue weighted by atomic mass is 16.6. The SMILES string of the molecule is O=[N+]([O-])c1ccc2ncnc(NCc3ncc[nH]3)c2c1. The monoisotopic (exact) mass is 270 g/mol. The quantitative estimate of drug-likeness (QED) is 0.553. The number of nitrogens with zero attached hydrogens (tertiary/aromatic N) is 4. The standard InChI is InChI=1S/C12H10N6O2/c19-18(20)8-1-2-10-9(5-8)12(17-7-16-10)15-6-11-13-3-4-14-11/h1-5,7H,6H2,(H,13,14)(H,15,16,17). The maximum atomic E-state index is 10.8. The first-order chi connectivity index (χ1) is 9.74. The second-order valence-electron chi connectivity index (χ2n) is 4.07. The predicted octanol–water partition coefficient (Wildman–Crippen LogP) is 1.87. The molecule has 2 heterocycles. The molecule has 0 aliphatic carbocycles. The minimum absolute atomic E-state index is 0.00773. The Kier molecular flexibility index (Phi) is 2.96. The first-order valence-electron chi connectivity index (χ1n) is 5.85. The average molecular weight is 270 g/mol. The number of hydrogen-bond acceptors (Lipinski definition) is 6. The van der Waals surface area contributed by atoms with Crippen LogP contribution >= 0.6 is 0 Å². The minimum atomic E-state index is -0.442. The number of imidazole rings is 1. The van der Waals surface area contributed by atoms with Crippen molar-refractivity contribution in [3.05, 3.63) is 52.9 Å². The van der Waals surface area contributed by atoms with Crippen LogP contribution in [0.2, 0.25) is 0 Å². The zero-order valence-corrected chi connectivity index (χ0v) is 10.3. The van der Waals surface area contributed by atoms with Gasteiger partial charge in [-0.2, -0.15) is 0 Å². The first-order valence-corrected chi connectivity index (χ1v) is 5.85. The fourth-order valence-corrected chi connectivity index (χ4v) is 1.86. The van der Waals surface area contributed by atoms with E-state index >= 15 is 0 Å². The molecule has 0 aliphatic rings. The van der Waals surface area contributed by atoms with Crippen molar-refractivity contribution in [2.75, 3.05) is 5.32 Å². The Morgan fingerprint density at radius 3 is 2.95 bits per heavy atom. The number of non-ortho nitro benzene ring substituents is 1. The van der Waals surface area contributed by atoms with E-state index in [0.29, 0.717) is 23.3 Å². The van der Waals surface area contributed by atoms with Crippen molar-refractivity contribution in [2.45, 2.75) is 6.54 Å². The zero-order chi connectivity index (χ0) is 13.9. The van der Waals surface area contributed by atoms with Gasteiger partial charge in [-0.05, 0) is 6.07 Å². The number of nitrogens with one attached hydrogen (secondary N) is 2. The molecular formula is C12H10N6O2. The molecule has 0 radical (unpaired) electrons. The van der Waals surface area contributed by atoms with Gasteiger partial charge in [0.05, 0.1) is 17.0 Å². The molecule has 3 aromatic rings. The molecular weight excluding hydrogens is 260 g/mol. The van der Waals surface area contributed by atoms with E-state index in [0.717, 1.165) is 5.82 Å². The van der Waals surface area contributed by atoms with Crippen molar-refractivity contribution in [1.29, 1.82) is 0 Å². The minimum Gasteiger partial charge on any atom is -0.362 e. The van der Waals surface area contributed by atoms with Crippen molar-refractivity contribution in [2.24, 2.45) is 0 Å². The number of nitro groups is 1. The molecule has 0 atom stereocenters. The Bertz CT molecular complexity index is 756. The number of benzene rings is 1. The topological polar surface area (TPSA) is 110 Å². The van der Waals surface area contributed by atoms with Gasteiger partial charge in [0.1, 0.15) is 18.0 Å². The van der Waals surface area contributed by atoms with Crippen molar-refractivity contribution >= 4 is 22.4 Å². The van der Waals surface area contributed by atoms with Crippen LogP contribution in [0.15, 0.2) is 36.9 Å². The van der Waals surface area contributed by atoms with Gasteiger partial charge in [-0.1, -0.05) is 0 Å². The van der Waals surface area contributed by atoms with E-state index in [1.54, 1.807) is 18.5 Å². The Balaban J connectivity index is 1.96. The molecule has 0 aliphatic heterocycles. The maximum Gasteiger partial charge on any atom is 0.270 e. The van der Waals surface area contributed by atoms with Crippen LogP contribution < -0.4 is 5.32 Å². The van der Waals surface area contributed by atoms with E-state index in [1.807, 2.05) is 0 Å². The summed E-state index contributed by atoms with van der Waals surface area (Å²) < 4.78 is 0. The molecule has 0 unspecified atom stereocenters. The maximum absolute atomic E-state index is 10.8. The van der Waals surface area contributed by atoms with Gasteiger partial charge >= 0.3 is 0 Å². The number of H-pyrrole nitrogens is 1. The second kappa shape index (κ2) is 4.92. The van der Waals surface area contributed by atoms with Crippen LogP contribution in [0.25, 0.3) is 10.9 Å². The highest BCUT2D eigenvalue weighted by molar-refractivity contribution is 5.90. The molecule has 0 saturated carbocycles. The van der Waals surface area contributed by atoms with Gasteiger partial charge in [-0.15, -0.1) is 0 Å². The fraction of sp³-hybridized carbons (Fsp3) is 0.0833. The Hall–Kier alpha value is -3.03. The lowest BCUT2D eigenvalue weighted by Crippen LogP contribution is -2.04. The van der Waals surface area contributed by atoms with Crippen LogP contribution in [-0.2, 0) is 6.54 Å². The first kappa shape index (κ1) is 12.0. The number of nitro benzene ring substituents is 1. The van der Waals surface area contributed by atoms with Crippen molar-refractivity contribution < 1.29 is 4.92 Å². The number of aromatic amines is 1. The van der Waals surface area contributed by atoms with Crippen LogP contribution in [0, 0.1) is 10.1 Å². The molecule has 100 valence electrons. The molecule has 3 rings (SSSR count). The number of anilines is 1. The largest absolute Gasteiger partial charge is 0.362 e. The molecule has 2 N–H and O–H groups in total. The molecule has 0 bridgehead atoms. The van der Waals surface area contributed by atoms with E-state index in [-0.39, 0.29) is 5.69 Å². The average Bonchev–Trinajstić information content (AvgIpc) is 2.97. The van der Waals surface area contributed by atoms with Crippen molar-refractivity contribution in [1.82, 2.24) is 19.9 Å². The van der Waals surface area contributed by atoms with E-state index < -0.39 is 4.92 Å². The highest BCUT2D eigenvalue weighted by Crippen LogP contribution is 2.24. The van der Waals surface area contributed by atoms with Crippen LogP contribution in [-0.4, -0.2) is 24.9 Å². The Labute approximate surface area is 113 Å². The summed E-state index contributed by atoms with van der Waals surface area (Å²) in [6.45, 7) is 0.446. The fourth-order valence-electron chi connectivity index (χ4n) is 1.86. The van der Waals surface area contributed by atoms with Crippen LogP contribution in [0.1, 0.15) is 5.82 Å². The van der Waals surface area contributed by atoms with Gasteiger partial charge in [0, 0.05) is 29.9 Å². The van der Waals surface area contributed by atoms with Gasteiger partial charge in [0.15, 0.2) is 0 Å². The van der Waals surface area contributed by atoms with Crippen molar-refractivity contribution in [3.8, 4) is 0 Å². The third-order valence-corrected chi connectivity index (χ3v) is 2.81. The van der Waals surface area contributed by atoms with Crippen LogP contribution in [0.3, 0.4) is 0 Å². The normalized spacial score (nSPS) is 10.6. The predicted molar refractivity (Wildman–Crippen MR) is 72.1 cm³/mol. The lowest BCUT2D eigenvalue weighted by atomic mass is 10.2. The lowest BCUT2D eigenvalue weighted by molar-refractivity contribution is -0.384. The molecule has 20 heavy (non-hydrogen) atoms. The summed E-state index contributed by atoms with van der Waals surface area (Å²) in [5.41, 5.74) is 0.654. The Morgan fingerprint density at radius 1 is 1.30 bits per heavy atom. The number of hydrogen-bond donors (Lipinski definition) is 2. The summed E-state index contributed by atoms with van der Waals surface area (Å²) in [5.74, 6) is 1.29. The lowest BCUT2D eigenvalue weighted by Gasteiger charge is -2.06. The van der Waals surface area contributed by atoms with Crippen LogP contribution in [0.4, 0.5) is 11.5 Å². The van der Waals surface area contributed by atoms with Gasteiger partial charge in [-0.25, -0.2) is 15.0 Å². The summed E-state index contributed by atoms with van der Waals surface area (Å²) in [5, 5.41) is 14.5. The molecule has 2 aromatic heterocycles. The van der Waals surface area contributed by atoms with E-state index in [2.05, 4.69) is 25.3 Å². The smallest absolute Gasteiger partial charge is 0.270 e. The third-order valence-electron chi connectivity index (χ3n) is 2.81. The number of aromatic nitrogens is 4. The molecule has 1 aromatic carbocycles. The summed E-state index contributed by atoms with van der Waals surface area (Å²) >= 11 is 0. The number of rotatable bonds is 4. The Morgan fingerprint density at radius 2 is 2.20 bits per heavy atom. The molecule has 0 fully saturated rings. The van der Waals surface area contributed by atoms with E-state index in [4.69, 9.17) is 0 Å². The molecule has 8 nitrogen and oxygen atoms in total. The molecule has 0 amide bonds. The number of fused-ring (bicyclic) bond motifs is 1. The van der Waals surface area contributed by atoms with Crippen molar-refractivity contribution in [3.63, 3.8) is 0 Å². The zero-order valence-electron chi connectivity index (χ0n) is 10.3. The molecule has 0 saturated heterocycles. The van der Waals surface area contributed by atoms with Gasteiger partial charge in [-0.3, -0.25) is 10.1 Å². The van der Waals surface area contributed by atoms with Crippen LogP contribution in [0.5, 0.6) is 0 Å². The summed E-state index contributed by atoms with van der Waals surface area (Å²) in [6.07, 6.45) is 4.79. The second-order valence-corrected chi connectivity index (χ2v) is 4.07. The summed E-state index contributed by atoms with van der Waals surface area (Å²) in [7, 11) is 0. The highest BCUT2D eigenvalue weighted by Gasteiger charge is 2.10. The summed E-state index contributed by atoms with van der Waals surface area (Å²) in [4.78, 5) is 25.6. The van der Waals surface area contributed by atoms with Gasteiger partial charge < -0.3 is 10.3 Å². The molecule has 0 spiro atoms. The molecule has 8 heteroatoms. The summed E-state index contributed by atoms with van der Waals surface area (Å²) in [6, 6.07) is 4.48. The van der Waals surface area contributed by atoms with Gasteiger partial charge in [0.2, 0.25) is 0 Å². The van der Waals surface area contributed by atoms with E-state index in [1.165, 1.54) is 18.5 Å². The van der Waals surface area contributed by atoms with E-state index in [9.17, 15) is 10.1 Å².